The molecule has 0 aliphatic carbocycles. The summed E-state index contributed by atoms with van der Waals surface area (Å²) in [5, 5.41) is 4.26. The minimum Gasteiger partial charge on any atom is -0.248 e. The molecule has 0 radical (unpaired) electrons. The number of fused-ring (bicyclic) bond motifs is 5. The van der Waals surface area contributed by atoms with Gasteiger partial charge < -0.3 is 0 Å². The maximum absolute atomic E-state index is 5.19. The van der Waals surface area contributed by atoms with Crippen LogP contribution in [0.1, 0.15) is 0 Å². The van der Waals surface area contributed by atoms with Crippen LogP contribution in [0.4, 0.5) is 0 Å². The molecular formula is C58H36N6. The predicted molar refractivity (Wildman–Crippen MR) is 261 cm³/mol. The zero-order chi connectivity index (χ0) is 42.4. The summed E-state index contributed by atoms with van der Waals surface area (Å²) in [5.74, 6) is 0.662. The molecule has 0 bridgehead atoms. The molecular weight excluding hydrogens is 781 g/mol. The van der Waals surface area contributed by atoms with Crippen molar-refractivity contribution < 1.29 is 0 Å². The van der Waals surface area contributed by atoms with Crippen LogP contribution in [0.25, 0.3) is 123 Å². The highest BCUT2D eigenvalue weighted by Gasteiger charge is 2.14. The number of benzene rings is 7. The van der Waals surface area contributed by atoms with E-state index in [2.05, 4.69) is 140 Å². The van der Waals surface area contributed by atoms with E-state index < -0.39 is 0 Å². The zero-order valence-electron chi connectivity index (χ0n) is 34.5. The molecule has 5 heterocycles. The number of hydrogen-bond acceptors (Lipinski definition) is 6. The van der Waals surface area contributed by atoms with Crippen molar-refractivity contribution in [2.24, 2.45) is 0 Å². The van der Waals surface area contributed by atoms with Gasteiger partial charge >= 0.3 is 0 Å². The molecule has 0 N–H and O–H groups in total. The summed E-state index contributed by atoms with van der Waals surface area (Å²) in [4.78, 5) is 30.6. The Morgan fingerprint density at radius 2 is 0.594 bits per heavy atom. The van der Waals surface area contributed by atoms with E-state index >= 15 is 0 Å². The zero-order valence-corrected chi connectivity index (χ0v) is 34.5. The lowest BCUT2D eigenvalue weighted by Gasteiger charge is -2.10. The molecule has 0 saturated carbocycles. The summed E-state index contributed by atoms with van der Waals surface area (Å²) < 4.78 is 0. The minimum absolute atomic E-state index is 0.662. The van der Waals surface area contributed by atoms with Crippen LogP contribution in [0.15, 0.2) is 218 Å². The van der Waals surface area contributed by atoms with Gasteiger partial charge in [0.2, 0.25) is 0 Å². The van der Waals surface area contributed by atoms with Gasteiger partial charge in [-0.1, -0.05) is 176 Å². The van der Waals surface area contributed by atoms with Crippen LogP contribution in [0.2, 0.25) is 0 Å². The molecule has 0 spiro atoms. The van der Waals surface area contributed by atoms with Gasteiger partial charge in [-0.15, -0.1) is 0 Å². The van der Waals surface area contributed by atoms with Crippen molar-refractivity contribution in [3.8, 4) is 78.9 Å². The van der Waals surface area contributed by atoms with Gasteiger partial charge in [0.25, 0.3) is 0 Å². The standard InChI is InChI=1S/C58H36N6/c1-4-10-38(11-5-1)48-31-28-43-22-23-44-29-32-49(62-57(44)56(43)61-48)40-18-16-37(17-19-40)46-24-20-41-26-30-50(59-52(41)34-46)47-25-21-42-27-33-51(60-53(42)35-47)55-36-54(39-12-6-2-7-13-39)63-58(64-55)45-14-8-3-9-15-45/h1-36H. The smallest absolute Gasteiger partial charge is 0.160 e. The molecule has 7 aromatic carbocycles. The molecule has 0 fully saturated rings. The van der Waals surface area contributed by atoms with Gasteiger partial charge in [-0.05, 0) is 53.6 Å². The Kier molecular flexibility index (Phi) is 9.05. The minimum atomic E-state index is 0.662. The Hall–Kier alpha value is -8.74. The third-order valence-electron chi connectivity index (χ3n) is 11.9. The summed E-state index contributed by atoms with van der Waals surface area (Å²) in [6.07, 6.45) is 0. The normalized spacial score (nSPS) is 11.4. The highest BCUT2D eigenvalue weighted by atomic mass is 14.9. The van der Waals surface area contributed by atoms with Crippen molar-refractivity contribution in [1.29, 1.82) is 0 Å². The van der Waals surface area contributed by atoms with Crippen LogP contribution >= 0.6 is 0 Å². The van der Waals surface area contributed by atoms with Gasteiger partial charge in [0.05, 0.1) is 56.2 Å². The highest BCUT2D eigenvalue weighted by Crippen LogP contribution is 2.33. The molecule has 12 aromatic rings. The molecule has 64 heavy (non-hydrogen) atoms. The van der Waals surface area contributed by atoms with E-state index in [9.17, 15) is 0 Å². The molecule has 0 saturated heterocycles. The third-order valence-corrected chi connectivity index (χ3v) is 11.9. The number of hydrogen-bond donors (Lipinski definition) is 0. The van der Waals surface area contributed by atoms with Gasteiger partial charge in [0, 0.05) is 49.4 Å². The van der Waals surface area contributed by atoms with Crippen LogP contribution in [0, 0.1) is 0 Å². The first-order valence-corrected chi connectivity index (χ1v) is 21.3. The summed E-state index contributed by atoms with van der Waals surface area (Å²) >= 11 is 0. The molecule has 298 valence electrons. The predicted octanol–water partition coefficient (Wildman–Crippen LogP) is 14.3. The number of pyridine rings is 4. The van der Waals surface area contributed by atoms with Crippen molar-refractivity contribution in [3.63, 3.8) is 0 Å². The number of nitrogens with zero attached hydrogens (tertiary/aromatic N) is 6. The van der Waals surface area contributed by atoms with Gasteiger partial charge in [-0.3, -0.25) is 0 Å². The quantitative estimate of drug-likeness (QED) is 0.149. The largest absolute Gasteiger partial charge is 0.248 e. The van der Waals surface area contributed by atoms with Crippen molar-refractivity contribution in [1.82, 2.24) is 29.9 Å². The van der Waals surface area contributed by atoms with Crippen LogP contribution in [-0.4, -0.2) is 29.9 Å². The molecule has 0 aliphatic heterocycles. The maximum Gasteiger partial charge on any atom is 0.160 e. The SMILES string of the molecule is c1ccc(-c2cc(-c3ccc4ccc(-c5ccc6ccc(-c7ccc(-c8ccc9ccc%10ccc(-c%11ccccc%11)nc%10c9n8)cc7)cc6n5)cc4n3)nc(-c3ccccc3)n2)cc1. The van der Waals surface area contributed by atoms with Gasteiger partial charge in [0.1, 0.15) is 0 Å². The van der Waals surface area contributed by atoms with Crippen LogP contribution in [0.5, 0.6) is 0 Å². The average molecular weight is 817 g/mol. The molecule has 0 aliphatic rings. The first-order valence-electron chi connectivity index (χ1n) is 21.3. The fourth-order valence-electron chi connectivity index (χ4n) is 8.46. The van der Waals surface area contributed by atoms with E-state index in [1.165, 1.54) is 0 Å². The number of aromatic nitrogens is 6. The van der Waals surface area contributed by atoms with Crippen LogP contribution < -0.4 is 0 Å². The lowest BCUT2D eigenvalue weighted by atomic mass is 10.00. The summed E-state index contributed by atoms with van der Waals surface area (Å²) in [6, 6.07) is 75.1. The van der Waals surface area contributed by atoms with E-state index in [-0.39, 0.29) is 0 Å². The molecule has 0 unspecified atom stereocenters. The van der Waals surface area contributed by atoms with E-state index in [0.717, 1.165) is 117 Å². The Bertz CT molecular complexity index is 3650. The topological polar surface area (TPSA) is 77.3 Å². The molecule has 0 amide bonds. The molecule has 5 aromatic heterocycles. The van der Waals surface area contributed by atoms with Crippen molar-refractivity contribution in [2.75, 3.05) is 0 Å². The Morgan fingerprint density at radius 1 is 0.203 bits per heavy atom. The summed E-state index contributed by atoms with van der Waals surface area (Å²) in [5.41, 5.74) is 16.0. The second-order valence-corrected chi connectivity index (χ2v) is 15.9. The van der Waals surface area contributed by atoms with E-state index in [0.29, 0.717) is 5.82 Å². The Morgan fingerprint density at radius 3 is 1.20 bits per heavy atom. The molecule has 6 heteroatoms. The van der Waals surface area contributed by atoms with Gasteiger partial charge in [0.15, 0.2) is 5.82 Å². The molecule has 12 rings (SSSR count). The first-order chi connectivity index (χ1) is 31.6. The Balaban J connectivity index is 0.850. The first kappa shape index (κ1) is 37.1. The lowest BCUT2D eigenvalue weighted by molar-refractivity contribution is 1.17. The van der Waals surface area contributed by atoms with E-state index in [1.54, 1.807) is 0 Å². The summed E-state index contributed by atoms with van der Waals surface area (Å²) in [7, 11) is 0. The van der Waals surface area contributed by atoms with Crippen molar-refractivity contribution in [3.05, 3.63) is 218 Å². The fraction of sp³-hybridized carbons (Fsp3) is 0. The van der Waals surface area contributed by atoms with Gasteiger partial charge in [-0.25, -0.2) is 29.9 Å². The van der Waals surface area contributed by atoms with Gasteiger partial charge in [-0.2, -0.15) is 0 Å². The Labute approximate surface area is 369 Å². The van der Waals surface area contributed by atoms with Crippen LogP contribution in [-0.2, 0) is 0 Å². The summed E-state index contributed by atoms with van der Waals surface area (Å²) in [6.45, 7) is 0. The second-order valence-electron chi connectivity index (χ2n) is 15.9. The van der Waals surface area contributed by atoms with Crippen LogP contribution in [0.3, 0.4) is 0 Å². The second kappa shape index (κ2) is 15.6. The fourth-order valence-corrected chi connectivity index (χ4v) is 8.46. The third kappa shape index (κ3) is 6.99. The van der Waals surface area contributed by atoms with Crippen molar-refractivity contribution in [2.45, 2.75) is 0 Å². The van der Waals surface area contributed by atoms with E-state index in [1.807, 2.05) is 78.9 Å². The lowest BCUT2D eigenvalue weighted by Crippen LogP contribution is -1.97. The average Bonchev–Trinajstić information content (AvgIpc) is 3.38. The number of rotatable bonds is 7. The van der Waals surface area contributed by atoms with Crippen molar-refractivity contribution >= 4 is 43.6 Å². The highest BCUT2D eigenvalue weighted by molar-refractivity contribution is 6.04. The van der Waals surface area contributed by atoms with E-state index in [4.69, 9.17) is 29.9 Å². The molecule has 0 atom stereocenters. The maximum atomic E-state index is 5.19. The molecule has 6 nitrogen and oxygen atoms in total. The monoisotopic (exact) mass is 816 g/mol.